The summed E-state index contributed by atoms with van der Waals surface area (Å²) in [5.74, 6) is 1.75. The highest BCUT2D eigenvalue weighted by Crippen LogP contribution is 2.35. The summed E-state index contributed by atoms with van der Waals surface area (Å²) in [6.45, 7) is 1.93. The molecule has 0 unspecified atom stereocenters. The van der Waals surface area contributed by atoms with Crippen LogP contribution in [0.5, 0.6) is 17.2 Å². The van der Waals surface area contributed by atoms with Gasteiger partial charge in [-0.3, -0.25) is 14.0 Å². The summed E-state index contributed by atoms with van der Waals surface area (Å²) in [5, 5.41) is 6.33. The van der Waals surface area contributed by atoms with E-state index in [1.165, 1.54) is 26.4 Å². The molecule has 2 N–H and O–H groups in total. The molecule has 1 aliphatic rings. The highest BCUT2D eigenvalue weighted by atomic mass is 19.1. The first-order chi connectivity index (χ1) is 24.3. The molecule has 5 aromatic rings. The lowest BCUT2D eigenvalue weighted by atomic mass is 9.97. The van der Waals surface area contributed by atoms with Crippen LogP contribution in [0, 0.1) is 11.7 Å². The Labute approximate surface area is 289 Å². The number of ether oxygens (including phenoxy) is 4. The second-order valence-corrected chi connectivity index (χ2v) is 11.8. The van der Waals surface area contributed by atoms with Crippen LogP contribution in [0.3, 0.4) is 0 Å². The van der Waals surface area contributed by atoms with E-state index in [0.717, 1.165) is 34.2 Å². The van der Waals surface area contributed by atoms with E-state index in [9.17, 15) is 14.0 Å². The summed E-state index contributed by atoms with van der Waals surface area (Å²) in [6, 6.07) is 17.2. The monoisotopic (exact) mass is 682 g/mol. The minimum atomic E-state index is -0.522. The smallest absolute Gasteiger partial charge is 0.308 e. The molecule has 3 heterocycles. The summed E-state index contributed by atoms with van der Waals surface area (Å²) in [4.78, 5) is 37.1. The third-order valence-electron chi connectivity index (χ3n) is 8.88. The zero-order valence-corrected chi connectivity index (χ0v) is 28.4. The Morgan fingerprint density at radius 3 is 2.36 bits per heavy atom. The fourth-order valence-electron chi connectivity index (χ4n) is 6.15. The van der Waals surface area contributed by atoms with Gasteiger partial charge < -0.3 is 34.5 Å². The molecule has 0 radical (unpaired) electrons. The SMILES string of the molecule is COC(=O)C1CCN(c2nc(-c3ccc(CNC(=O)c4cc(F)ccc4OC)cc3)c3c(NCc4ccc(OC)cc4OC)nccn23)CC1. The van der Waals surface area contributed by atoms with Gasteiger partial charge in [-0.25, -0.2) is 14.4 Å². The predicted octanol–water partition coefficient (Wildman–Crippen LogP) is 5.49. The van der Waals surface area contributed by atoms with Crippen LogP contribution in [0.4, 0.5) is 16.2 Å². The van der Waals surface area contributed by atoms with E-state index < -0.39 is 11.7 Å². The molecule has 0 saturated carbocycles. The van der Waals surface area contributed by atoms with Gasteiger partial charge in [-0.2, -0.15) is 0 Å². The molecular formula is C37H39FN6O6. The minimum absolute atomic E-state index is 0.122. The molecule has 1 fully saturated rings. The van der Waals surface area contributed by atoms with Gasteiger partial charge in [-0.05, 0) is 48.7 Å². The van der Waals surface area contributed by atoms with Crippen molar-refractivity contribution in [1.82, 2.24) is 19.7 Å². The van der Waals surface area contributed by atoms with Crippen molar-refractivity contribution in [3.05, 3.63) is 95.6 Å². The normalized spacial score (nSPS) is 13.2. The number of hydrogen-bond donors (Lipinski definition) is 2. The number of halogens is 1. The number of aromatic nitrogens is 3. The third kappa shape index (κ3) is 7.12. The summed E-state index contributed by atoms with van der Waals surface area (Å²) in [7, 11) is 6.09. The van der Waals surface area contributed by atoms with E-state index in [0.29, 0.717) is 61.2 Å². The highest BCUT2D eigenvalue weighted by molar-refractivity contribution is 5.97. The van der Waals surface area contributed by atoms with Crippen molar-refractivity contribution >= 4 is 29.2 Å². The largest absolute Gasteiger partial charge is 0.497 e. The zero-order chi connectivity index (χ0) is 35.2. The van der Waals surface area contributed by atoms with E-state index in [1.54, 1.807) is 20.4 Å². The molecule has 2 aromatic heterocycles. The number of benzene rings is 3. The van der Waals surface area contributed by atoms with E-state index in [4.69, 9.17) is 28.9 Å². The number of methoxy groups -OCH3 is 4. The second kappa shape index (κ2) is 15.1. The van der Waals surface area contributed by atoms with Crippen molar-refractivity contribution in [3.63, 3.8) is 0 Å². The third-order valence-corrected chi connectivity index (χ3v) is 8.88. The minimum Gasteiger partial charge on any atom is -0.497 e. The average molecular weight is 683 g/mol. The Kier molecular flexibility index (Phi) is 10.3. The number of carbonyl (C=O) groups is 2. The van der Waals surface area contributed by atoms with Crippen LogP contribution in [0.25, 0.3) is 16.8 Å². The molecule has 1 amide bonds. The van der Waals surface area contributed by atoms with E-state index in [1.807, 2.05) is 53.1 Å². The maximum atomic E-state index is 13.8. The Balaban J connectivity index is 1.30. The quantitative estimate of drug-likeness (QED) is 0.163. The van der Waals surface area contributed by atoms with Gasteiger partial charge in [-0.1, -0.05) is 24.3 Å². The van der Waals surface area contributed by atoms with Crippen molar-refractivity contribution in [2.45, 2.75) is 25.9 Å². The number of carbonyl (C=O) groups excluding carboxylic acids is 2. The Morgan fingerprint density at radius 1 is 0.900 bits per heavy atom. The van der Waals surface area contributed by atoms with E-state index in [2.05, 4.69) is 15.5 Å². The average Bonchev–Trinajstić information content (AvgIpc) is 3.56. The molecule has 1 saturated heterocycles. The molecule has 0 spiro atoms. The van der Waals surface area contributed by atoms with Gasteiger partial charge in [0.2, 0.25) is 5.95 Å². The molecular weight excluding hydrogens is 643 g/mol. The Bertz CT molecular complexity index is 1990. The number of esters is 1. The first-order valence-corrected chi connectivity index (χ1v) is 16.2. The molecule has 3 aromatic carbocycles. The Hall–Kier alpha value is -5.85. The topological polar surface area (TPSA) is 129 Å². The summed E-state index contributed by atoms with van der Waals surface area (Å²) in [5.41, 5.74) is 4.23. The molecule has 13 heteroatoms. The van der Waals surface area contributed by atoms with Gasteiger partial charge in [0.15, 0.2) is 5.82 Å². The molecule has 6 rings (SSSR count). The number of rotatable bonds is 12. The molecule has 12 nitrogen and oxygen atoms in total. The lowest BCUT2D eigenvalue weighted by molar-refractivity contribution is -0.146. The first kappa shape index (κ1) is 34.0. The molecule has 0 atom stereocenters. The van der Waals surface area contributed by atoms with Gasteiger partial charge in [-0.15, -0.1) is 0 Å². The number of imidazole rings is 1. The van der Waals surface area contributed by atoms with Crippen LogP contribution in [0.2, 0.25) is 0 Å². The van der Waals surface area contributed by atoms with E-state index >= 15 is 0 Å². The molecule has 0 aliphatic carbocycles. The number of nitrogens with zero attached hydrogens (tertiary/aromatic N) is 4. The molecule has 1 aliphatic heterocycles. The van der Waals surface area contributed by atoms with Crippen molar-refractivity contribution in [2.24, 2.45) is 5.92 Å². The lowest BCUT2D eigenvalue weighted by Gasteiger charge is -2.30. The van der Waals surface area contributed by atoms with Gasteiger partial charge in [0.05, 0.1) is 39.9 Å². The van der Waals surface area contributed by atoms with Crippen molar-refractivity contribution in [3.8, 4) is 28.5 Å². The Morgan fingerprint density at radius 2 is 1.66 bits per heavy atom. The number of amides is 1. The van der Waals surface area contributed by atoms with Gasteiger partial charge in [0.1, 0.15) is 34.3 Å². The van der Waals surface area contributed by atoms with Crippen LogP contribution in [-0.2, 0) is 22.6 Å². The molecule has 50 heavy (non-hydrogen) atoms. The number of anilines is 2. The standard InChI is InChI=1S/C37H39FN6O6/c1-47-28-11-9-26(31(20-28)49-3)22-40-34-33-32(42-37(44(33)18-15-39-34)43-16-13-25(14-17-43)36(46)50-4)24-7-5-23(6-8-24)21-41-35(45)29-19-27(38)10-12-30(29)48-2/h5-12,15,18-20,25H,13-14,16-17,21-22H2,1-4H3,(H,39,40)(H,41,45). The predicted molar refractivity (Wildman–Crippen MR) is 186 cm³/mol. The van der Waals surface area contributed by atoms with Crippen molar-refractivity contribution in [2.75, 3.05) is 51.7 Å². The zero-order valence-electron chi connectivity index (χ0n) is 28.4. The lowest BCUT2D eigenvalue weighted by Crippen LogP contribution is -2.37. The molecule has 260 valence electrons. The number of fused-ring (bicyclic) bond motifs is 1. The van der Waals surface area contributed by atoms with Gasteiger partial charge in [0.25, 0.3) is 5.91 Å². The fraction of sp³-hybridized carbons (Fsp3) is 0.297. The van der Waals surface area contributed by atoms with Crippen LogP contribution in [0.1, 0.15) is 34.3 Å². The number of hydrogen-bond acceptors (Lipinski definition) is 10. The summed E-state index contributed by atoms with van der Waals surface area (Å²) >= 11 is 0. The van der Waals surface area contributed by atoms with Crippen LogP contribution < -0.4 is 29.7 Å². The van der Waals surface area contributed by atoms with Crippen molar-refractivity contribution < 1.29 is 32.9 Å². The van der Waals surface area contributed by atoms with Crippen LogP contribution >= 0.6 is 0 Å². The molecule has 0 bridgehead atoms. The number of piperidine rings is 1. The van der Waals surface area contributed by atoms with Crippen LogP contribution in [0.15, 0.2) is 73.1 Å². The maximum Gasteiger partial charge on any atom is 0.308 e. The maximum absolute atomic E-state index is 13.8. The van der Waals surface area contributed by atoms with Gasteiger partial charge in [0, 0.05) is 55.8 Å². The van der Waals surface area contributed by atoms with Crippen molar-refractivity contribution in [1.29, 1.82) is 0 Å². The summed E-state index contributed by atoms with van der Waals surface area (Å²) < 4.78 is 37.1. The number of nitrogens with one attached hydrogen (secondary N) is 2. The highest BCUT2D eigenvalue weighted by Gasteiger charge is 2.29. The van der Waals surface area contributed by atoms with Gasteiger partial charge >= 0.3 is 5.97 Å². The van der Waals surface area contributed by atoms with E-state index in [-0.39, 0.29) is 24.0 Å². The van der Waals surface area contributed by atoms with Crippen LogP contribution in [-0.4, -0.2) is 67.8 Å². The first-order valence-electron chi connectivity index (χ1n) is 16.2. The summed E-state index contributed by atoms with van der Waals surface area (Å²) in [6.07, 6.45) is 4.94. The second-order valence-electron chi connectivity index (χ2n) is 11.8. The fourth-order valence-corrected chi connectivity index (χ4v) is 6.15.